The molecule has 0 amide bonds. The van der Waals surface area contributed by atoms with E-state index in [9.17, 15) is 21.6 Å². The third-order valence-electron chi connectivity index (χ3n) is 6.77. The number of fused-ring (bicyclic) bond motifs is 1. The summed E-state index contributed by atoms with van der Waals surface area (Å²) >= 11 is 1.13. The maximum Gasteiger partial charge on any atom is 0.393 e. The highest BCUT2D eigenvalue weighted by Crippen LogP contribution is 2.43. The third kappa shape index (κ3) is 5.76. The number of benzene rings is 1. The minimum absolute atomic E-state index is 0.122. The molecule has 3 aromatic rings. The summed E-state index contributed by atoms with van der Waals surface area (Å²) in [5, 5.41) is 5.12. The summed E-state index contributed by atoms with van der Waals surface area (Å²) in [5.41, 5.74) is 2.47. The van der Waals surface area contributed by atoms with Crippen molar-refractivity contribution in [1.82, 2.24) is 14.9 Å². The minimum Gasteiger partial charge on any atom is -0.355 e. The maximum atomic E-state index is 12.9. The van der Waals surface area contributed by atoms with Crippen LogP contribution in [-0.2, 0) is 28.7 Å². The highest BCUT2D eigenvalue weighted by atomic mass is 32.2. The fourth-order valence-electron chi connectivity index (χ4n) is 5.24. The van der Waals surface area contributed by atoms with Crippen molar-refractivity contribution in [3.05, 3.63) is 52.7 Å². The van der Waals surface area contributed by atoms with Crippen molar-refractivity contribution in [2.75, 3.05) is 31.1 Å². The normalized spacial score (nSPS) is 21.5. The molecule has 2 aromatic heterocycles. The Morgan fingerprint density at radius 3 is 2.49 bits per heavy atom. The monoisotopic (exact) mass is 525 g/mol. The third-order valence-corrected chi connectivity index (χ3v) is 8.63. The predicted octanol–water partition coefficient (Wildman–Crippen LogP) is 3.69. The zero-order chi connectivity index (χ0) is 24.8. The molecule has 1 unspecified atom stereocenters. The molecular weight excluding hydrogens is 499 g/mol. The van der Waals surface area contributed by atoms with Crippen molar-refractivity contribution >= 4 is 37.4 Å². The van der Waals surface area contributed by atoms with E-state index in [1.807, 2.05) is 12.1 Å². The van der Waals surface area contributed by atoms with Crippen molar-refractivity contribution in [2.24, 2.45) is 10.6 Å². The number of hydrogen-bond acceptors (Lipinski definition) is 7. The molecule has 2 saturated heterocycles. The van der Waals surface area contributed by atoms with Gasteiger partial charge in [-0.25, -0.2) is 23.5 Å². The van der Waals surface area contributed by atoms with Crippen LogP contribution in [0.15, 0.2) is 36.7 Å². The average molecular weight is 526 g/mol. The molecular formula is C23H26F3N5O2S2. The molecule has 12 heteroatoms. The smallest absolute Gasteiger partial charge is 0.355 e. The number of sulfonamides is 1. The maximum absolute atomic E-state index is 12.9. The van der Waals surface area contributed by atoms with E-state index in [1.54, 1.807) is 12.1 Å². The lowest BCUT2D eigenvalue weighted by atomic mass is 9.86. The lowest BCUT2D eigenvalue weighted by Crippen LogP contribution is -2.31. The Labute approximate surface area is 205 Å². The Morgan fingerprint density at radius 1 is 1.06 bits per heavy atom. The van der Waals surface area contributed by atoms with Gasteiger partial charge in [0.15, 0.2) is 0 Å². The molecule has 5 rings (SSSR count). The topological polar surface area (TPSA) is 92.4 Å². The van der Waals surface area contributed by atoms with E-state index in [0.717, 1.165) is 73.0 Å². The van der Waals surface area contributed by atoms with Gasteiger partial charge in [0.05, 0.1) is 22.4 Å². The van der Waals surface area contributed by atoms with Gasteiger partial charge >= 0.3 is 6.18 Å². The highest BCUT2D eigenvalue weighted by molar-refractivity contribution is 7.88. The molecule has 2 aliphatic heterocycles. The number of rotatable bonds is 6. The van der Waals surface area contributed by atoms with E-state index in [0.29, 0.717) is 11.1 Å². The lowest BCUT2D eigenvalue weighted by Gasteiger charge is -2.25. The highest BCUT2D eigenvalue weighted by Gasteiger charge is 2.44. The van der Waals surface area contributed by atoms with Crippen LogP contribution in [0.2, 0.25) is 0 Å². The van der Waals surface area contributed by atoms with Gasteiger partial charge in [-0.3, -0.25) is 4.90 Å². The average Bonchev–Trinajstić information content (AvgIpc) is 3.45. The first-order valence-corrected chi connectivity index (χ1v) is 13.9. The number of primary sulfonamides is 1. The second-order valence-electron chi connectivity index (χ2n) is 9.67. The number of nitrogens with two attached hydrogens (primary N) is 1. The van der Waals surface area contributed by atoms with E-state index in [-0.39, 0.29) is 16.0 Å². The number of thiophene rings is 1. The van der Waals surface area contributed by atoms with Crippen LogP contribution in [0, 0.1) is 5.41 Å². The van der Waals surface area contributed by atoms with Crippen molar-refractivity contribution in [1.29, 1.82) is 0 Å². The van der Waals surface area contributed by atoms with E-state index >= 15 is 0 Å². The minimum atomic E-state index is -4.25. The van der Waals surface area contributed by atoms with Gasteiger partial charge in [0.1, 0.15) is 12.1 Å². The Bertz CT molecular complexity index is 1330. The number of likely N-dealkylation sites (tertiary alicyclic amines) is 1. The molecule has 0 bridgehead atoms. The fraction of sp³-hybridized carbons (Fsp3) is 0.478. The largest absolute Gasteiger partial charge is 0.393 e. The Balaban J connectivity index is 1.25. The zero-order valence-electron chi connectivity index (χ0n) is 19.0. The van der Waals surface area contributed by atoms with Crippen molar-refractivity contribution < 1.29 is 21.6 Å². The summed E-state index contributed by atoms with van der Waals surface area (Å²) < 4.78 is 61.9. The van der Waals surface area contributed by atoms with Gasteiger partial charge in [-0.05, 0) is 36.6 Å². The first-order chi connectivity index (χ1) is 16.5. The molecule has 0 aliphatic carbocycles. The lowest BCUT2D eigenvalue weighted by molar-refractivity contribution is -0.126. The zero-order valence-corrected chi connectivity index (χ0v) is 20.6. The van der Waals surface area contributed by atoms with Gasteiger partial charge in [0.2, 0.25) is 10.0 Å². The van der Waals surface area contributed by atoms with Gasteiger partial charge in [0.25, 0.3) is 0 Å². The molecule has 1 aromatic carbocycles. The number of anilines is 1. The van der Waals surface area contributed by atoms with Crippen molar-refractivity contribution in [3.63, 3.8) is 0 Å². The molecule has 2 N–H and O–H groups in total. The van der Waals surface area contributed by atoms with Crippen molar-refractivity contribution in [3.8, 4) is 0 Å². The summed E-state index contributed by atoms with van der Waals surface area (Å²) in [6.07, 6.45) is -1.71. The Morgan fingerprint density at radius 2 is 1.77 bits per heavy atom. The van der Waals surface area contributed by atoms with Crippen LogP contribution >= 0.6 is 11.3 Å². The van der Waals surface area contributed by atoms with Gasteiger partial charge in [0, 0.05) is 36.5 Å². The van der Waals surface area contributed by atoms with Gasteiger partial charge < -0.3 is 4.90 Å². The van der Waals surface area contributed by atoms with E-state index in [4.69, 9.17) is 5.14 Å². The van der Waals surface area contributed by atoms with Gasteiger partial charge in [-0.15, -0.1) is 11.3 Å². The Kier molecular flexibility index (Phi) is 6.27. The van der Waals surface area contributed by atoms with Crippen LogP contribution in [0.4, 0.5) is 19.0 Å². The number of alkyl halides is 3. The molecule has 2 aliphatic rings. The SMILES string of the molecule is NS(=O)(=O)Cc1ccc(CN2CCC3(CCN(c4ncnc5cc(CC(F)(F)F)sc45)C3)C2)cc1. The molecule has 0 saturated carbocycles. The molecule has 4 heterocycles. The number of aromatic nitrogens is 2. The van der Waals surface area contributed by atoms with Crippen LogP contribution in [0.1, 0.15) is 28.8 Å². The van der Waals surface area contributed by atoms with Crippen LogP contribution in [-0.4, -0.2) is 55.6 Å². The number of hydrogen-bond donors (Lipinski definition) is 1. The fourth-order valence-corrected chi connectivity index (χ4v) is 7.06. The van der Waals surface area contributed by atoms with E-state index in [2.05, 4.69) is 19.8 Å². The molecule has 0 radical (unpaired) electrons. The van der Waals surface area contributed by atoms with Crippen LogP contribution in [0.5, 0.6) is 0 Å². The molecule has 35 heavy (non-hydrogen) atoms. The number of halogens is 3. The molecule has 7 nitrogen and oxygen atoms in total. The second-order valence-corrected chi connectivity index (χ2v) is 12.4. The van der Waals surface area contributed by atoms with E-state index < -0.39 is 22.6 Å². The van der Waals surface area contributed by atoms with Gasteiger partial charge in [-0.1, -0.05) is 24.3 Å². The van der Waals surface area contributed by atoms with Crippen molar-refractivity contribution in [2.45, 2.75) is 37.7 Å². The summed E-state index contributed by atoms with van der Waals surface area (Å²) in [6.45, 7) is 4.30. The molecule has 2 fully saturated rings. The standard InChI is InChI=1S/C23H26F3N5O2S2/c24-23(25,26)10-18-9-19-20(34-18)21(29-15-28-19)31-8-6-22(14-31)5-7-30(13-22)11-16-1-3-17(4-2-16)12-35(27,32)33/h1-4,9,15H,5-8,10-14H2,(H2,27,32,33). The summed E-state index contributed by atoms with van der Waals surface area (Å²) in [4.78, 5) is 13.5. The first kappa shape index (κ1) is 24.4. The predicted molar refractivity (Wildman–Crippen MR) is 130 cm³/mol. The Hall–Kier alpha value is -2.28. The van der Waals surface area contributed by atoms with Crippen LogP contribution in [0.3, 0.4) is 0 Å². The second kappa shape index (κ2) is 8.99. The van der Waals surface area contributed by atoms with Crippen LogP contribution < -0.4 is 10.0 Å². The van der Waals surface area contributed by atoms with Crippen LogP contribution in [0.25, 0.3) is 10.2 Å². The summed E-state index contributed by atoms with van der Waals surface area (Å²) in [5.74, 6) is 0.558. The molecule has 188 valence electrons. The van der Waals surface area contributed by atoms with Gasteiger partial charge in [-0.2, -0.15) is 13.2 Å². The quantitative estimate of drug-likeness (QED) is 0.528. The molecule has 1 atom stereocenters. The first-order valence-electron chi connectivity index (χ1n) is 11.3. The molecule has 1 spiro atoms. The summed E-state index contributed by atoms with van der Waals surface area (Å²) in [7, 11) is -3.55. The number of nitrogens with zero attached hydrogens (tertiary/aromatic N) is 4. The summed E-state index contributed by atoms with van der Waals surface area (Å²) in [6, 6.07) is 9.02. The van der Waals surface area contributed by atoms with E-state index in [1.165, 1.54) is 12.4 Å².